The zero-order chi connectivity index (χ0) is 16.2. The molecule has 1 aliphatic heterocycles. The first-order valence-electron chi connectivity index (χ1n) is 6.62. The van der Waals surface area contributed by atoms with Crippen molar-refractivity contribution in [2.75, 3.05) is 12.0 Å². The van der Waals surface area contributed by atoms with Crippen molar-refractivity contribution in [1.82, 2.24) is 9.97 Å². The Kier molecular flexibility index (Phi) is 4.51. The average Bonchev–Trinajstić information content (AvgIpc) is 2.99. The summed E-state index contributed by atoms with van der Waals surface area (Å²) >= 11 is 7.36. The van der Waals surface area contributed by atoms with Crippen LogP contribution in [0.4, 0.5) is 5.82 Å². The van der Waals surface area contributed by atoms with Gasteiger partial charge in [0.2, 0.25) is 5.28 Å². The summed E-state index contributed by atoms with van der Waals surface area (Å²) in [6.07, 6.45) is 3.06. The second-order valence-electron chi connectivity index (χ2n) is 4.48. The number of anilines is 1. The Labute approximate surface area is 142 Å². The Morgan fingerprint density at radius 2 is 2.26 bits per heavy atom. The smallest absolute Gasteiger partial charge is 0.224 e. The van der Waals surface area contributed by atoms with Crippen LogP contribution < -0.4 is 9.64 Å². The molecule has 0 saturated heterocycles. The number of aromatic nitrogens is 2. The SMILES string of the molecule is COc1cccc(C2=CSC(=CC#N)N2c2ccnc(Cl)n2)c1. The number of rotatable bonds is 3. The van der Waals surface area contributed by atoms with E-state index in [0.717, 1.165) is 22.0 Å². The number of thioether (sulfide) groups is 1. The third kappa shape index (κ3) is 3.16. The molecule has 0 amide bonds. The van der Waals surface area contributed by atoms with Crippen molar-refractivity contribution in [3.8, 4) is 11.8 Å². The summed E-state index contributed by atoms with van der Waals surface area (Å²) in [4.78, 5) is 10.0. The molecular formula is C16H11ClN4OS. The first-order chi connectivity index (χ1) is 11.2. The molecule has 0 aliphatic carbocycles. The molecule has 23 heavy (non-hydrogen) atoms. The van der Waals surface area contributed by atoms with Gasteiger partial charge < -0.3 is 4.74 Å². The van der Waals surface area contributed by atoms with Crippen molar-refractivity contribution in [3.63, 3.8) is 0 Å². The van der Waals surface area contributed by atoms with Crippen LogP contribution in [0.25, 0.3) is 5.70 Å². The summed E-state index contributed by atoms with van der Waals surface area (Å²) in [5.41, 5.74) is 1.85. The van der Waals surface area contributed by atoms with Gasteiger partial charge in [0.25, 0.3) is 0 Å². The number of allylic oxidation sites excluding steroid dienone is 1. The van der Waals surface area contributed by atoms with Gasteiger partial charge in [0.05, 0.1) is 23.9 Å². The molecule has 2 aromatic rings. The molecule has 0 saturated carbocycles. The van der Waals surface area contributed by atoms with E-state index in [9.17, 15) is 0 Å². The van der Waals surface area contributed by atoms with E-state index >= 15 is 0 Å². The second-order valence-corrected chi connectivity index (χ2v) is 5.71. The van der Waals surface area contributed by atoms with Crippen LogP contribution in [-0.4, -0.2) is 17.1 Å². The number of ether oxygens (including phenoxy) is 1. The number of nitriles is 1. The predicted molar refractivity (Wildman–Crippen MR) is 91.8 cm³/mol. The highest BCUT2D eigenvalue weighted by molar-refractivity contribution is 8.06. The number of hydrogen-bond acceptors (Lipinski definition) is 6. The third-order valence-corrected chi connectivity index (χ3v) is 4.21. The minimum absolute atomic E-state index is 0.153. The average molecular weight is 343 g/mol. The summed E-state index contributed by atoms with van der Waals surface area (Å²) in [7, 11) is 1.62. The maximum Gasteiger partial charge on any atom is 0.224 e. The van der Waals surface area contributed by atoms with Crippen LogP contribution in [-0.2, 0) is 0 Å². The minimum atomic E-state index is 0.153. The molecule has 0 N–H and O–H groups in total. The van der Waals surface area contributed by atoms with Crippen molar-refractivity contribution in [2.24, 2.45) is 0 Å². The monoisotopic (exact) mass is 342 g/mol. The van der Waals surface area contributed by atoms with Gasteiger partial charge in [-0.3, -0.25) is 4.90 Å². The van der Waals surface area contributed by atoms with Gasteiger partial charge in [0.1, 0.15) is 11.6 Å². The van der Waals surface area contributed by atoms with Crippen molar-refractivity contribution >= 4 is 34.9 Å². The Morgan fingerprint density at radius 3 is 3.00 bits per heavy atom. The minimum Gasteiger partial charge on any atom is -0.497 e. The maximum absolute atomic E-state index is 9.02. The van der Waals surface area contributed by atoms with Crippen LogP contribution in [0.1, 0.15) is 5.56 Å². The van der Waals surface area contributed by atoms with Crippen LogP contribution >= 0.6 is 23.4 Å². The highest BCUT2D eigenvalue weighted by Crippen LogP contribution is 2.42. The lowest BCUT2D eigenvalue weighted by Gasteiger charge is -2.22. The van der Waals surface area contributed by atoms with Crippen molar-refractivity contribution in [1.29, 1.82) is 5.26 Å². The topological polar surface area (TPSA) is 62.0 Å². The van der Waals surface area contributed by atoms with Crippen LogP contribution in [0.15, 0.2) is 53.0 Å². The second kappa shape index (κ2) is 6.73. The summed E-state index contributed by atoms with van der Waals surface area (Å²) in [6.45, 7) is 0. The number of benzene rings is 1. The number of halogens is 1. The van der Waals surface area contributed by atoms with E-state index in [1.54, 1.807) is 19.4 Å². The molecule has 0 fully saturated rings. The molecule has 1 aromatic heterocycles. The molecule has 114 valence electrons. The Bertz CT molecular complexity index is 844. The van der Waals surface area contributed by atoms with Crippen LogP contribution in [0.2, 0.25) is 5.28 Å². The van der Waals surface area contributed by atoms with Gasteiger partial charge in [-0.2, -0.15) is 10.2 Å². The number of methoxy groups -OCH3 is 1. The lowest BCUT2D eigenvalue weighted by molar-refractivity contribution is 0.414. The summed E-state index contributed by atoms with van der Waals surface area (Å²) in [6, 6.07) is 11.5. The number of nitrogens with zero attached hydrogens (tertiary/aromatic N) is 4. The summed E-state index contributed by atoms with van der Waals surface area (Å²) in [5, 5.41) is 11.9. The van der Waals surface area contributed by atoms with Crippen molar-refractivity contribution in [3.05, 3.63) is 63.9 Å². The lowest BCUT2D eigenvalue weighted by atomic mass is 10.1. The van der Waals surface area contributed by atoms with Crippen molar-refractivity contribution < 1.29 is 4.74 Å². The van der Waals surface area contributed by atoms with Crippen LogP contribution in [0, 0.1) is 11.3 Å². The van der Waals surface area contributed by atoms with E-state index in [1.807, 2.05) is 34.6 Å². The molecule has 0 radical (unpaired) electrons. The number of hydrogen-bond donors (Lipinski definition) is 0. The molecule has 0 atom stereocenters. The normalized spacial score (nSPS) is 15.4. The van der Waals surface area contributed by atoms with Gasteiger partial charge in [-0.25, -0.2) is 4.98 Å². The van der Waals surface area contributed by atoms with Crippen molar-refractivity contribution in [2.45, 2.75) is 0 Å². The molecule has 7 heteroatoms. The van der Waals surface area contributed by atoms with E-state index in [1.165, 1.54) is 17.8 Å². The third-order valence-electron chi connectivity index (χ3n) is 3.15. The van der Waals surface area contributed by atoms with Gasteiger partial charge in [0, 0.05) is 23.2 Å². The van der Waals surface area contributed by atoms with Gasteiger partial charge in [-0.15, -0.1) is 0 Å². The summed E-state index contributed by atoms with van der Waals surface area (Å²) < 4.78 is 5.28. The van der Waals surface area contributed by atoms with E-state index in [0.29, 0.717) is 5.82 Å². The molecule has 0 spiro atoms. The fourth-order valence-electron chi connectivity index (χ4n) is 2.16. The molecular weight excluding hydrogens is 332 g/mol. The first kappa shape index (κ1) is 15.4. The van der Waals surface area contributed by atoms with Gasteiger partial charge in [-0.1, -0.05) is 23.9 Å². The van der Waals surface area contributed by atoms with Gasteiger partial charge in [0.15, 0.2) is 0 Å². The van der Waals surface area contributed by atoms with E-state index in [4.69, 9.17) is 21.6 Å². The van der Waals surface area contributed by atoms with Crippen LogP contribution in [0.3, 0.4) is 0 Å². The molecule has 0 unspecified atom stereocenters. The summed E-state index contributed by atoms with van der Waals surface area (Å²) in [5.74, 6) is 1.36. The fourth-order valence-corrected chi connectivity index (χ4v) is 3.20. The molecule has 5 nitrogen and oxygen atoms in total. The first-order valence-corrected chi connectivity index (χ1v) is 7.88. The largest absolute Gasteiger partial charge is 0.497 e. The Hall–Kier alpha value is -2.49. The van der Waals surface area contributed by atoms with Crippen LogP contribution in [0.5, 0.6) is 5.75 Å². The molecule has 1 aromatic carbocycles. The van der Waals surface area contributed by atoms with E-state index in [2.05, 4.69) is 16.0 Å². The maximum atomic E-state index is 9.02. The highest BCUT2D eigenvalue weighted by Gasteiger charge is 2.26. The molecule has 2 heterocycles. The van der Waals surface area contributed by atoms with E-state index in [-0.39, 0.29) is 5.28 Å². The Morgan fingerprint density at radius 1 is 1.39 bits per heavy atom. The quantitative estimate of drug-likeness (QED) is 0.619. The Balaban J connectivity index is 2.08. The zero-order valence-corrected chi connectivity index (χ0v) is 13.7. The highest BCUT2D eigenvalue weighted by atomic mass is 35.5. The molecule has 0 bridgehead atoms. The molecule has 1 aliphatic rings. The zero-order valence-electron chi connectivity index (χ0n) is 12.1. The standard InChI is InChI=1S/C16H11ClN4OS/c1-22-12-4-2-3-11(9-12)13-10-23-15(5-7-18)21(13)14-6-8-19-16(17)20-14/h2-6,8-10H,1H3. The predicted octanol–water partition coefficient (Wildman–Crippen LogP) is 4.06. The lowest BCUT2D eigenvalue weighted by Crippen LogP contribution is -2.17. The van der Waals surface area contributed by atoms with Gasteiger partial charge in [-0.05, 0) is 29.8 Å². The molecule has 3 rings (SSSR count). The van der Waals surface area contributed by atoms with E-state index < -0.39 is 0 Å². The fraction of sp³-hybridized carbons (Fsp3) is 0.0625. The van der Waals surface area contributed by atoms with Gasteiger partial charge >= 0.3 is 0 Å².